The first-order valence-electron chi connectivity index (χ1n) is 9.41. The molecule has 1 atom stereocenters. The molecule has 2 aliphatic heterocycles. The molecule has 0 bridgehead atoms. The van der Waals surface area contributed by atoms with Crippen molar-refractivity contribution in [2.75, 3.05) is 44.3 Å². The largest absolute Gasteiger partial charge is 0.486 e. The number of piperazine rings is 1. The van der Waals surface area contributed by atoms with Gasteiger partial charge in [0.25, 0.3) is 0 Å². The van der Waals surface area contributed by atoms with Crippen LogP contribution < -0.4 is 14.4 Å². The smallest absolute Gasteiger partial charge is 0.184 e. The quantitative estimate of drug-likeness (QED) is 0.815. The van der Waals surface area contributed by atoms with Crippen molar-refractivity contribution in [3.63, 3.8) is 0 Å². The van der Waals surface area contributed by atoms with Gasteiger partial charge in [0.15, 0.2) is 17.3 Å². The number of rotatable bonds is 2. The van der Waals surface area contributed by atoms with Gasteiger partial charge in [0.1, 0.15) is 19.0 Å². The summed E-state index contributed by atoms with van der Waals surface area (Å²) in [6.07, 6.45) is 0.601. The van der Waals surface area contributed by atoms with E-state index in [4.69, 9.17) is 9.47 Å². The highest BCUT2D eigenvalue weighted by molar-refractivity contribution is 6.04. The molecule has 0 spiro atoms. The van der Waals surface area contributed by atoms with Gasteiger partial charge >= 0.3 is 0 Å². The lowest BCUT2D eigenvalue weighted by atomic mass is 10.1. The minimum Gasteiger partial charge on any atom is -0.486 e. The molecular formula is C21H21FN2O3. The lowest BCUT2D eigenvalue weighted by Crippen LogP contribution is -2.52. The molecule has 6 heteroatoms. The van der Waals surface area contributed by atoms with E-state index in [1.54, 1.807) is 6.07 Å². The van der Waals surface area contributed by atoms with Crippen LogP contribution in [0.3, 0.4) is 0 Å². The third kappa shape index (κ3) is 2.84. The highest BCUT2D eigenvalue weighted by Gasteiger charge is 2.36. The zero-order chi connectivity index (χ0) is 18.4. The molecule has 1 fully saturated rings. The van der Waals surface area contributed by atoms with Crippen LogP contribution in [-0.4, -0.2) is 56.1 Å². The second-order valence-corrected chi connectivity index (χ2v) is 7.21. The van der Waals surface area contributed by atoms with Crippen molar-refractivity contribution < 1.29 is 18.7 Å². The lowest BCUT2D eigenvalue weighted by molar-refractivity contribution is 0.0833. The first kappa shape index (κ1) is 16.6. The number of hydrogen-bond acceptors (Lipinski definition) is 5. The number of halogens is 1. The summed E-state index contributed by atoms with van der Waals surface area (Å²) < 4.78 is 25.0. The molecule has 2 heterocycles. The number of ether oxygens (including phenoxy) is 2. The number of nitrogens with zero attached hydrogens (tertiary/aromatic N) is 2. The monoisotopic (exact) mass is 368 g/mol. The molecule has 2 aromatic rings. The third-order valence-corrected chi connectivity index (χ3v) is 5.69. The van der Waals surface area contributed by atoms with Crippen molar-refractivity contribution in [3.8, 4) is 11.5 Å². The number of hydrogen-bond donors (Lipinski definition) is 0. The minimum atomic E-state index is -0.275. The molecule has 0 radical (unpaired) electrons. The molecule has 5 nitrogen and oxygen atoms in total. The van der Waals surface area contributed by atoms with Crippen LogP contribution in [0.4, 0.5) is 10.1 Å². The van der Waals surface area contributed by atoms with Gasteiger partial charge in [-0.15, -0.1) is 0 Å². The van der Waals surface area contributed by atoms with Gasteiger partial charge in [-0.25, -0.2) is 4.39 Å². The maximum absolute atomic E-state index is 13.5. The van der Waals surface area contributed by atoms with Gasteiger partial charge in [0, 0.05) is 31.7 Å². The topological polar surface area (TPSA) is 42.0 Å². The number of fused-ring (bicyclic) bond motifs is 2. The molecule has 2 aromatic carbocycles. The summed E-state index contributed by atoms with van der Waals surface area (Å²) in [6, 6.07) is 10.3. The SMILES string of the molecule is O=C1c2ccc(F)cc2CC1N1CCN(c2cccc3c2OCCO3)CC1. The Bertz CT molecular complexity index is 893. The lowest BCUT2D eigenvalue weighted by Gasteiger charge is -2.39. The molecule has 1 aliphatic carbocycles. The molecule has 140 valence electrons. The van der Waals surface area contributed by atoms with Gasteiger partial charge in [-0.05, 0) is 42.3 Å². The predicted molar refractivity (Wildman–Crippen MR) is 99.4 cm³/mol. The van der Waals surface area contributed by atoms with E-state index in [-0.39, 0.29) is 17.6 Å². The number of anilines is 1. The van der Waals surface area contributed by atoms with E-state index < -0.39 is 0 Å². The zero-order valence-electron chi connectivity index (χ0n) is 15.0. The maximum atomic E-state index is 13.5. The molecule has 27 heavy (non-hydrogen) atoms. The molecule has 0 amide bonds. The third-order valence-electron chi connectivity index (χ3n) is 5.69. The van der Waals surface area contributed by atoms with E-state index >= 15 is 0 Å². The molecular weight excluding hydrogens is 347 g/mol. The standard InChI is InChI=1S/C21H21FN2O3/c22-15-4-5-16-14(12-15)13-18(20(16)25)24-8-6-23(7-9-24)17-2-1-3-19-21(17)27-11-10-26-19/h1-5,12,18H,6-11,13H2. The number of benzene rings is 2. The Morgan fingerprint density at radius 2 is 1.81 bits per heavy atom. The number of ketones is 1. The second-order valence-electron chi connectivity index (χ2n) is 7.21. The first-order chi connectivity index (χ1) is 13.2. The van der Waals surface area contributed by atoms with Crippen molar-refractivity contribution in [2.45, 2.75) is 12.5 Å². The van der Waals surface area contributed by atoms with Gasteiger partial charge in [-0.2, -0.15) is 0 Å². The highest BCUT2D eigenvalue weighted by Crippen LogP contribution is 2.40. The maximum Gasteiger partial charge on any atom is 0.184 e. The normalized spacial score (nSPS) is 22.0. The van der Waals surface area contributed by atoms with Gasteiger partial charge in [-0.3, -0.25) is 9.69 Å². The molecule has 0 N–H and O–H groups in total. The molecule has 3 aliphatic rings. The van der Waals surface area contributed by atoms with E-state index in [1.807, 2.05) is 12.1 Å². The highest BCUT2D eigenvalue weighted by atomic mass is 19.1. The van der Waals surface area contributed by atoms with E-state index in [0.717, 1.165) is 48.9 Å². The molecule has 1 unspecified atom stereocenters. The number of Topliss-reactive ketones (excluding diaryl/α,β-unsaturated/α-hetero) is 1. The average molecular weight is 368 g/mol. The summed E-state index contributed by atoms with van der Waals surface area (Å²) in [4.78, 5) is 17.2. The van der Waals surface area contributed by atoms with Crippen LogP contribution in [0.1, 0.15) is 15.9 Å². The van der Waals surface area contributed by atoms with E-state index in [1.165, 1.54) is 12.1 Å². The summed E-state index contributed by atoms with van der Waals surface area (Å²) in [5.74, 6) is 1.46. The predicted octanol–water partition coefficient (Wildman–Crippen LogP) is 2.53. The fourth-order valence-corrected chi connectivity index (χ4v) is 4.33. The van der Waals surface area contributed by atoms with Crippen LogP contribution in [0, 0.1) is 5.82 Å². The van der Waals surface area contributed by atoms with Crippen LogP contribution in [0.2, 0.25) is 0 Å². The molecule has 0 saturated carbocycles. The Balaban J connectivity index is 1.30. The van der Waals surface area contributed by atoms with Gasteiger partial charge in [-0.1, -0.05) is 6.07 Å². The first-order valence-corrected chi connectivity index (χ1v) is 9.41. The number of para-hydroxylation sites is 1. The van der Waals surface area contributed by atoms with Crippen LogP contribution in [0.5, 0.6) is 11.5 Å². The van der Waals surface area contributed by atoms with E-state index in [0.29, 0.717) is 25.2 Å². The number of carbonyl (C=O) groups is 1. The summed E-state index contributed by atoms with van der Waals surface area (Å²) in [5, 5.41) is 0. The van der Waals surface area contributed by atoms with Crippen LogP contribution >= 0.6 is 0 Å². The average Bonchev–Trinajstić information content (AvgIpc) is 3.03. The summed E-state index contributed by atoms with van der Waals surface area (Å²) in [7, 11) is 0. The van der Waals surface area contributed by atoms with Crippen molar-refractivity contribution in [1.82, 2.24) is 4.90 Å². The Morgan fingerprint density at radius 1 is 1.00 bits per heavy atom. The molecule has 0 aromatic heterocycles. The molecule has 1 saturated heterocycles. The second kappa shape index (κ2) is 6.53. The van der Waals surface area contributed by atoms with E-state index in [2.05, 4.69) is 15.9 Å². The van der Waals surface area contributed by atoms with Gasteiger partial charge in [0.2, 0.25) is 0 Å². The van der Waals surface area contributed by atoms with Crippen LogP contribution in [-0.2, 0) is 6.42 Å². The number of carbonyl (C=O) groups excluding carboxylic acids is 1. The van der Waals surface area contributed by atoms with Gasteiger partial charge < -0.3 is 14.4 Å². The van der Waals surface area contributed by atoms with E-state index in [9.17, 15) is 9.18 Å². The minimum absolute atomic E-state index is 0.118. The summed E-state index contributed by atoms with van der Waals surface area (Å²) >= 11 is 0. The van der Waals surface area contributed by atoms with Crippen molar-refractivity contribution in [2.24, 2.45) is 0 Å². The van der Waals surface area contributed by atoms with Crippen molar-refractivity contribution in [1.29, 1.82) is 0 Å². The molecule has 5 rings (SSSR count). The van der Waals surface area contributed by atoms with Crippen LogP contribution in [0.25, 0.3) is 0 Å². The van der Waals surface area contributed by atoms with Crippen molar-refractivity contribution >= 4 is 11.5 Å². The zero-order valence-corrected chi connectivity index (χ0v) is 15.0. The Hall–Kier alpha value is -2.60. The summed E-state index contributed by atoms with van der Waals surface area (Å²) in [6.45, 7) is 4.35. The Labute approximate surface area is 157 Å². The summed E-state index contributed by atoms with van der Waals surface area (Å²) in [5.41, 5.74) is 2.55. The Morgan fingerprint density at radius 3 is 2.67 bits per heavy atom. The van der Waals surface area contributed by atoms with Gasteiger partial charge in [0.05, 0.1) is 11.7 Å². The fraction of sp³-hybridized carbons (Fsp3) is 0.381. The fourth-order valence-electron chi connectivity index (χ4n) is 4.33. The van der Waals surface area contributed by atoms with Crippen molar-refractivity contribution in [3.05, 3.63) is 53.3 Å². The van der Waals surface area contributed by atoms with Crippen LogP contribution in [0.15, 0.2) is 36.4 Å². The Kier molecular flexibility index (Phi) is 4.01.